The van der Waals surface area contributed by atoms with Gasteiger partial charge in [0.2, 0.25) is 17.7 Å². The standard InChI is InChI=1S/C32H30N8O4S.C32H29N7O3S.C24H26ClN7O2S.CH4/c1-2-27(41)34-21-8-6-20(7-9-21)31(42)39-10-12-40(13-11-39)32(43)26-18-25-28(45-26)30(38-14-16-44-17-15-38)36-29(35-25)22-4-3-5-24-23(22)19-33-37-24;1-2-28(40)34-22-8-6-21(7-9-22)32(41)39-12-10-20(11-13-39)27-18-26-29(43-27)31(38-14-16-42-17-15-38)36-30(35-26)23-4-3-5-25-24(23)19-33-37-25;25-13-21(33)31-6-4-30(5-7-31)15-16-12-20-22(35-16)24(32-8-10-34-11-9-32)28-23(27-20)17-2-1-3-19-18(17)14-26-29-19;/h2-9,18-19H,1,10-17H2,(H,33,37)(H,34,41);2-10,18-19H,1,11-17H2,(H,33,37)(H,34,40);1-3,12,14H,4-11,13,15H2,(H,26,29);1H4. The highest BCUT2D eigenvalue weighted by Gasteiger charge is 2.32. The molecule has 5 N–H and O–H groups in total. The molecule has 14 aromatic rings. The number of aromatic amines is 3. The molecule has 6 amide bonds. The van der Waals surface area contributed by atoms with E-state index in [0.717, 1.165) is 155 Å². The molecule has 5 fully saturated rings. The highest BCUT2D eigenvalue weighted by molar-refractivity contribution is 7.21. The molecule has 0 spiro atoms. The van der Waals surface area contributed by atoms with Gasteiger partial charge in [0.25, 0.3) is 17.7 Å². The third kappa shape index (κ3) is 17.9. The number of amides is 6. The van der Waals surface area contributed by atoms with Crippen LogP contribution in [0, 0.1) is 0 Å². The lowest BCUT2D eigenvalue weighted by Gasteiger charge is -2.34. The average molecular weight is 1740 g/mol. The van der Waals surface area contributed by atoms with Crippen LogP contribution in [0.25, 0.3) is 103 Å². The summed E-state index contributed by atoms with van der Waals surface area (Å²) < 4.78 is 19.9. The highest BCUT2D eigenvalue weighted by Crippen LogP contribution is 2.42. The van der Waals surface area contributed by atoms with Crippen molar-refractivity contribution in [2.24, 2.45) is 0 Å². The first-order valence-electron chi connectivity index (χ1n) is 40.6. The summed E-state index contributed by atoms with van der Waals surface area (Å²) in [7, 11) is 0. The molecule has 0 unspecified atom stereocenters. The minimum absolute atomic E-state index is 0. The molecule has 20 rings (SSSR count). The van der Waals surface area contributed by atoms with Crippen LogP contribution in [0.2, 0.25) is 0 Å². The zero-order valence-corrected chi connectivity index (χ0v) is 70.2. The van der Waals surface area contributed by atoms with E-state index >= 15 is 0 Å². The summed E-state index contributed by atoms with van der Waals surface area (Å²) >= 11 is 10.6. The lowest BCUT2D eigenvalue weighted by molar-refractivity contribution is -0.130. The Labute approximate surface area is 729 Å². The van der Waals surface area contributed by atoms with E-state index in [0.29, 0.717) is 150 Å². The molecule has 5 aromatic carbocycles. The van der Waals surface area contributed by atoms with Crippen molar-refractivity contribution in [2.75, 3.05) is 176 Å². The number of thiophene rings is 3. The van der Waals surface area contributed by atoms with Crippen LogP contribution in [-0.4, -0.2) is 271 Å². The molecule has 0 radical (unpaired) electrons. The Hall–Kier alpha value is -12.8. The number of carbonyl (C=O) groups excluding carboxylic acids is 6. The lowest BCUT2D eigenvalue weighted by atomic mass is 10.1. The van der Waals surface area contributed by atoms with Crippen molar-refractivity contribution in [2.45, 2.75) is 20.4 Å². The Morgan fingerprint density at radius 3 is 1.30 bits per heavy atom. The molecule has 6 aliphatic rings. The van der Waals surface area contributed by atoms with Gasteiger partial charge in [-0.05, 0) is 109 Å². The average Bonchev–Trinajstić information content (AvgIpc) is 1.60. The molecular formula is C89H89ClN22O9S3. The van der Waals surface area contributed by atoms with E-state index in [1.807, 2.05) is 76.8 Å². The quantitative estimate of drug-likeness (QED) is 0.0417. The number of benzene rings is 5. The summed E-state index contributed by atoms with van der Waals surface area (Å²) in [5, 5.41) is 30.0. The number of alkyl halides is 1. The SMILES string of the molecule is C.C=CC(=O)Nc1ccc(C(=O)N2CC=C(c3cc4nc(-c5cccc6[nH]ncc56)nc(N5CCOCC5)c4s3)CC2)cc1.C=CC(=O)Nc1ccc(C(=O)N2CCN(C(=O)c3cc4nc(-c5cccc6[nH]ncc56)nc(N5CCOCC5)c4s3)CC2)cc1.O=C(CCl)N1CCN(Cc2cc3nc(-c4cccc5[nH]ncc45)nc(N4CCOCC4)c3s2)CC1. The number of H-pyrrole nitrogens is 3. The van der Waals surface area contributed by atoms with E-state index in [1.54, 1.807) is 87.2 Å². The van der Waals surface area contributed by atoms with Crippen LogP contribution in [0.5, 0.6) is 0 Å². The summed E-state index contributed by atoms with van der Waals surface area (Å²) in [5.74, 6) is 3.90. The first kappa shape index (κ1) is 83.5. The van der Waals surface area contributed by atoms with Crippen molar-refractivity contribution in [3.8, 4) is 34.2 Å². The second-order valence-corrected chi connectivity index (χ2v) is 33.6. The number of hydrogen-bond acceptors (Lipinski definition) is 25. The van der Waals surface area contributed by atoms with E-state index in [2.05, 4.69) is 98.3 Å². The van der Waals surface area contributed by atoms with Gasteiger partial charge in [0.15, 0.2) is 34.9 Å². The van der Waals surface area contributed by atoms with Crippen molar-refractivity contribution in [1.29, 1.82) is 0 Å². The van der Waals surface area contributed by atoms with Crippen LogP contribution < -0.4 is 25.3 Å². The Morgan fingerprint density at radius 1 is 0.452 bits per heavy atom. The number of morpholine rings is 3. The van der Waals surface area contributed by atoms with Gasteiger partial charge in [0.05, 0.1) is 110 Å². The number of ether oxygens (including phenoxy) is 3. The molecule has 31 nitrogen and oxygen atoms in total. The summed E-state index contributed by atoms with van der Waals surface area (Å²) in [6, 6.07) is 37.9. The van der Waals surface area contributed by atoms with E-state index in [4.69, 9.17) is 55.7 Å². The van der Waals surface area contributed by atoms with Crippen molar-refractivity contribution < 1.29 is 43.0 Å². The van der Waals surface area contributed by atoms with Crippen LogP contribution in [0.15, 0.2) is 171 Å². The number of rotatable bonds is 17. The van der Waals surface area contributed by atoms with Crippen LogP contribution in [-0.2, 0) is 35.1 Å². The molecule has 6 aliphatic heterocycles. The van der Waals surface area contributed by atoms with Crippen molar-refractivity contribution in [3.05, 3.63) is 197 Å². The monoisotopic (exact) mass is 1740 g/mol. The second kappa shape index (κ2) is 37.5. The number of aromatic nitrogens is 12. The fourth-order valence-corrected chi connectivity index (χ4v) is 19.5. The minimum atomic E-state index is -0.315. The van der Waals surface area contributed by atoms with E-state index in [-0.39, 0.29) is 48.7 Å². The van der Waals surface area contributed by atoms with Gasteiger partial charge >= 0.3 is 0 Å². The van der Waals surface area contributed by atoms with Gasteiger partial charge in [-0.15, -0.1) is 45.6 Å². The molecule has 124 heavy (non-hydrogen) atoms. The van der Waals surface area contributed by atoms with E-state index < -0.39 is 0 Å². The van der Waals surface area contributed by atoms with Gasteiger partial charge in [0, 0.05) is 176 Å². The van der Waals surface area contributed by atoms with E-state index in [9.17, 15) is 28.8 Å². The maximum atomic E-state index is 13.7. The molecule has 9 aromatic heterocycles. The number of nitrogens with zero attached hydrogens (tertiary/aromatic N) is 17. The normalized spacial score (nSPS) is 15.9. The Kier molecular flexibility index (Phi) is 25.2. The number of hydrogen-bond donors (Lipinski definition) is 5. The first-order valence-corrected chi connectivity index (χ1v) is 43.6. The minimum Gasteiger partial charge on any atom is -0.378 e. The molecule has 15 heterocycles. The van der Waals surface area contributed by atoms with Crippen LogP contribution >= 0.6 is 45.6 Å². The maximum absolute atomic E-state index is 13.7. The molecule has 0 atom stereocenters. The fraction of sp³-hybridized carbons (Fsp3) is 0.292. The molecular weight excluding hydrogens is 1650 g/mol. The summed E-state index contributed by atoms with van der Waals surface area (Å²) in [6.45, 7) is 22.2. The largest absolute Gasteiger partial charge is 0.378 e. The van der Waals surface area contributed by atoms with Crippen LogP contribution in [0.3, 0.4) is 0 Å². The Balaban J connectivity index is 0.000000132. The van der Waals surface area contributed by atoms with Crippen molar-refractivity contribution in [3.63, 3.8) is 0 Å². The number of anilines is 5. The number of piperazine rings is 2. The van der Waals surface area contributed by atoms with E-state index in [1.165, 1.54) is 33.9 Å². The number of halogens is 1. The zero-order chi connectivity index (χ0) is 84.0. The molecule has 5 saturated heterocycles. The number of carbonyl (C=O) groups is 6. The molecule has 0 saturated carbocycles. The second-order valence-electron chi connectivity index (χ2n) is 30.0. The third-order valence-corrected chi connectivity index (χ3v) is 26.1. The maximum Gasteiger partial charge on any atom is 0.264 e. The molecule has 35 heteroatoms. The topological polar surface area (TPSA) is 343 Å². The summed E-state index contributed by atoms with van der Waals surface area (Å²) in [5.41, 5.74) is 11.7. The number of nitrogens with one attached hydrogen (secondary N) is 5. The van der Waals surface area contributed by atoms with Crippen molar-refractivity contribution in [1.82, 2.24) is 85.0 Å². The van der Waals surface area contributed by atoms with Crippen LogP contribution in [0.1, 0.15) is 54.0 Å². The third-order valence-electron chi connectivity index (χ3n) is 22.5. The predicted molar refractivity (Wildman–Crippen MR) is 487 cm³/mol. The van der Waals surface area contributed by atoms with Gasteiger partial charge < -0.3 is 59.1 Å². The number of fused-ring (bicyclic) bond motifs is 6. The summed E-state index contributed by atoms with van der Waals surface area (Å²) in [6.07, 6.45) is 10.7. The fourth-order valence-electron chi connectivity index (χ4n) is 15.9. The van der Waals surface area contributed by atoms with Gasteiger partial charge in [-0.3, -0.25) is 49.0 Å². The van der Waals surface area contributed by atoms with Gasteiger partial charge in [-0.2, -0.15) is 15.3 Å². The smallest absolute Gasteiger partial charge is 0.264 e. The van der Waals surface area contributed by atoms with Crippen LogP contribution in [0.4, 0.5) is 28.8 Å². The highest BCUT2D eigenvalue weighted by atomic mass is 35.5. The molecule has 634 valence electrons. The van der Waals surface area contributed by atoms with Gasteiger partial charge in [-0.25, -0.2) is 29.9 Å². The molecule has 0 bridgehead atoms. The summed E-state index contributed by atoms with van der Waals surface area (Å²) in [4.78, 5) is 125. The first-order chi connectivity index (χ1) is 60.2. The lowest BCUT2D eigenvalue weighted by Crippen LogP contribution is -2.50. The Morgan fingerprint density at radius 2 is 0.863 bits per heavy atom. The van der Waals surface area contributed by atoms with Gasteiger partial charge in [-0.1, -0.05) is 63.1 Å². The van der Waals surface area contributed by atoms with Crippen molar-refractivity contribution >= 4 is 179 Å². The Bertz CT molecular complexity index is 6370. The molecule has 0 aliphatic carbocycles. The predicted octanol–water partition coefficient (Wildman–Crippen LogP) is 12.5. The van der Waals surface area contributed by atoms with Gasteiger partial charge in [0.1, 0.15) is 5.88 Å². The zero-order valence-electron chi connectivity index (χ0n) is 67.0.